The molecule has 1 unspecified atom stereocenters. The SMILES string of the molecule is Cc1cc(-c2cn(C(c3ccccc3)(c3ccccc3)C3C=CC=CC3)nc2-c2ccc(F)cc2)cn2c(I)cnc12. The lowest BCUT2D eigenvalue weighted by molar-refractivity contribution is 0.293. The van der Waals surface area contributed by atoms with Gasteiger partial charge in [0.05, 0.1) is 6.20 Å². The molecule has 3 heterocycles. The van der Waals surface area contributed by atoms with Crippen molar-refractivity contribution in [2.45, 2.75) is 18.9 Å². The van der Waals surface area contributed by atoms with Crippen LogP contribution < -0.4 is 0 Å². The van der Waals surface area contributed by atoms with Crippen molar-refractivity contribution in [3.8, 4) is 22.4 Å². The maximum Gasteiger partial charge on any atom is 0.140 e. The number of nitrogens with zero attached hydrogens (tertiary/aromatic N) is 4. The average Bonchev–Trinajstić information content (AvgIpc) is 3.64. The molecule has 206 valence electrons. The third-order valence-corrected chi connectivity index (χ3v) is 8.99. The van der Waals surface area contributed by atoms with Crippen LogP contribution in [0.4, 0.5) is 4.39 Å². The summed E-state index contributed by atoms with van der Waals surface area (Å²) >= 11 is 2.32. The van der Waals surface area contributed by atoms with Gasteiger partial charge in [-0.3, -0.25) is 9.08 Å². The minimum Gasteiger partial charge on any atom is -0.294 e. The summed E-state index contributed by atoms with van der Waals surface area (Å²) in [5.41, 5.74) is 7.32. The van der Waals surface area contributed by atoms with Gasteiger partial charge in [-0.2, -0.15) is 5.10 Å². The molecule has 1 aliphatic carbocycles. The summed E-state index contributed by atoms with van der Waals surface area (Å²) in [7, 11) is 0. The molecule has 6 heteroatoms. The summed E-state index contributed by atoms with van der Waals surface area (Å²) in [6.45, 7) is 2.08. The van der Waals surface area contributed by atoms with Crippen LogP contribution in [0.25, 0.3) is 28.0 Å². The van der Waals surface area contributed by atoms with Crippen molar-refractivity contribution in [3.63, 3.8) is 0 Å². The monoisotopic (exact) mass is 662 g/mol. The number of hydrogen-bond donors (Lipinski definition) is 0. The van der Waals surface area contributed by atoms with E-state index in [0.29, 0.717) is 0 Å². The first kappa shape index (κ1) is 26.6. The number of fused-ring (bicyclic) bond motifs is 1. The van der Waals surface area contributed by atoms with E-state index in [-0.39, 0.29) is 11.7 Å². The number of hydrogen-bond acceptors (Lipinski definition) is 2. The van der Waals surface area contributed by atoms with Crippen molar-refractivity contribution >= 4 is 28.2 Å². The Morgan fingerprint density at radius 3 is 2.19 bits per heavy atom. The van der Waals surface area contributed by atoms with Crippen LogP contribution in [0.1, 0.15) is 23.1 Å². The zero-order chi connectivity index (χ0) is 28.7. The minimum atomic E-state index is -0.639. The van der Waals surface area contributed by atoms with Crippen LogP contribution in [0.15, 0.2) is 134 Å². The van der Waals surface area contributed by atoms with Crippen LogP contribution in [-0.2, 0) is 5.54 Å². The molecular weight excluding hydrogens is 634 g/mol. The molecule has 3 aromatic heterocycles. The van der Waals surface area contributed by atoms with E-state index in [1.165, 1.54) is 12.1 Å². The predicted octanol–water partition coefficient (Wildman–Crippen LogP) is 8.84. The highest BCUT2D eigenvalue weighted by Crippen LogP contribution is 2.46. The first-order valence-corrected chi connectivity index (χ1v) is 15.1. The van der Waals surface area contributed by atoms with Crippen molar-refractivity contribution in [1.82, 2.24) is 19.2 Å². The van der Waals surface area contributed by atoms with E-state index < -0.39 is 5.54 Å². The molecule has 0 spiro atoms. The molecule has 7 rings (SSSR count). The highest BCUT2D eigenvalue weighted by Gasteiger charge is 2.44. The first-order valence-electron chi connectivity index (χ1n) is 14.0. The van der Waals surface area contributed by atoms with E-state index in [1.54, 1.807) is 0 Å². The quantitative estimate of drug-likeness (QED) is 0.167. The van der Waals surface area contributed by atoms with E-state index in [0.717, 1.165) is 54.8 Å². The highest BCUT2D eigenvalue weighted by atomic mass is 127. The van der Waals surface area contributed by atoms with Gasteiger partial charge in [0.1, 0.15) is 26.4 Å². The number of aryl methyl sites for hydroxylation is 1. The van der Waals surface area contributed by atoms with E-state index in [4.69, 9.17) is 5.10 Å². The lowest BCUT2D eigenvalue weighted by Crippen LogP contribution is -2.43. The molecule has 0 amide bonds. The molecule has 42 heavy (non-hydrogen) atoms. The van der Waals surface area contributed by atoms with Gasteiger partial charge in [-0.25, -0.2) is 9.37 Å². The second-order valence-electron chi connectivity index (χ2n) is 10.7. The molecule has 0 saturated heterocycles. The Kier molecular flexibility index (Phi) is 6.86. The van der Waals surface area contributed by atoms with Gasteiger partial charge in [0.25, 0.3) is 0 Å². The number of allylic oxidation sites excluding steroid dienone is 4. The van der Waals surface area contributed by atoms with E-state index >= 15 is 0 Å². The van der Waals surface area contributed by atoms with Crippen LogP contribution >= 0.6 is 22.6 Å². The molecule has 0 fully saturated rings. The molecular formula is C36H28FIN4. The summed E-state index contributed by atoms with van der Waals surface area (Å²) in [5.74, 6) is -0.174. The molecule has 1 aliphatic rings. The molecule has 0 N–H and O–H groups in total. The fraction of sp³-hybridized carbons (Fsp3) is 0.111. The fourth-order valence-electron chi connectivity index (χ4n) is 6.27. The Morgan fingerprint density at radius 2 is 1.55 bits per heavy atom. The van der Waals surface area contributed by atoms with Crippen LogP contribution in [-0.4, -0.2) is 19.2 Å². The lowest BCUT2D eigenvalue weighted by Gasteiger charge is -2.41. The summed E-state index contributed by atoms with van der Waals surface area (Å²) in [4.78, 5) is 4.61. The molecule has 3 aromatic carbocycles. The highest BCUT2D eigenvalue weighted by molar-refractivity contribution is 14.1. The van der Waals surface area contributed by atoms with E-state index in [1.807, 2.05) is 18.3 Å². The van der Waals surface area contributed by atoms with E-state index in [2.05, 4.69) is 147 Å². The van der Waals surface area contributed by atoms with Gasteiger partial charge in [0, 0.05) is 35.0 Å². The van der Waals surface area contributed by atoms with Crippen LogP contribution in [0.2, 0.25) is 0 Å². The van der Waals surface area contributed by atoms with Gasteiger partial charge in [-0.05, 0) is 83.0 Å². The Hall–Kier alpha value is -4.30. The van der Waals surface area contributed by atoms with E-state index in [9.17, 15) is 4.39 Å². The van der Waals surface area contributed by atoms with Gasteiger partial charge < -0.3 is 0 Å². The second-order valence-corrected chi connectivity index (χ2v) is 11.8. The van der Waals surface area contributed by atoms with Crippen molar-refractivity contribution < 1.29 is 4.39 Å². The first-order chi connectivity index (χ1) is 20.6. The fourth-order valence-corrected chi connectivity index (χ4v) is 6.77. The van der Waals surface area contributed by atoms with Crippen LogP contribution in [0.3, 0.4) is 0 Å². The Bertz CT molecular complexity index is 1900. The number of halogens is 2. The van der Waals surface area contributed by atoms with Crippen LogP contribution in [0, 0.1) is 22.4 Å². The third kappa shape index (κ3) is 4.41. The smallest absolute Gasteiger partial charge is 0.140 e. The summed E-state index contributed by atoms with van der Waals surface area (Å²) in [5, 5.41) is 5.42. The van der Waals surface area contributed by atoms with Crippen molar-refractivity contribution in [2.75, 3.05) is 0 Å². The molecule has 0 radical (unpaired) electrons. The molecule has 0 bridgehead atoms. The minimum absolute atomic E-state index is 0.0972. The molecule has 6 aromatic rings. The Balaban J connectivity index is 1.56. The lowest BCUT2D eigenvalue weighted by atomic mass is 9.70. The Labute approximate surface area is 258 Å². The van der Waals surface area contributed by atoms with Crippen molar-refractivity contribution in [1.29, 1.82) is 0 Å². The van der Waals surface area contributed by atoms with Crippen molar-refractivity contribution in [2.24, 2.45) is 5.92 Å². The molecule has 0 aliphatic heterocycles. The molecule has 4 nitrogen and oxygen atoms in total. The Morgan fingerprint density at radius 1 is 0.857 bits per heavy atom. The maximum absolute atomic E-state index is 14.1. The average molecular weight is 663 g/mol. The normalized spacial score (nSPS) is 15.0. The zero-order valence-electron chi connectivity index (χ0n) is 23.0. The van der Waals surface area contributed by atoms with Gasteiger partial charge in [-0.15, -0.1) is 0 Å². The summed E-state index contributed by atoms with van der Waals surface area (Å²) < 4.78 is 19.4. The van der Waals surface area contributed by atoms with Crippen molar-refractivity contribution in [3.05, 3.63) is 160 Å². The standard InChI is InChI=1S/C36H28FIN4/c1-25-21-27(23-41-33(38)22-39-35(25)41)32-24-42(40-34(32)26-17-19-31(37)20-18-26)36(28-11-5-2-6-12-28,29-13-7-3-8-14-29)30-15-9-4-10-16-30/h2-15,17-24,30H,16H2,1H3. The number of imidazole rings is 1. The summed E-state index contributed by atoms with van der Waals surface area (Å²) in [6.07, 6.45) is 15.8. The third-order valence-electron chi connectivity index (χ3n) is 8.19. The second kappa shape index (κ2) is 10.8. The largest absolute Gasteiger partial charge is 0.294 e. The predicted molar refractivity (Wildman–Crippen MR) is 175 cm³/mol. The molecule has 1 atom stereocenters. The van der Waals surface area contributed by atoms with Crippen LogP contribution in [0.5, 0.6) is 0 Å². The number of pyridine rings is 1. The zero-order valence-corrected chi connectivity index (χ0v) is 25.2. The van der Waals surface area contributed by atoms with Gasteiger partial charge in [0.15, 0.2) is 0 Å². The van der Waals surface area contributed by atoms with Gasteiger partial charge in [0.2, 0.25) is 0 Å². The summed E-state index contributed by atoms with van der Waals surface area (Å²) in [6, 6.07) is 30.1. The topological polar surface area (TPSA) is 35.1 Å². The molecule has 0 saturated carbocycles. The maximum atomic E-state index is 14.1. The number of benzene rings is 3. The van der Waals surface area contributed by atoms with Gasteiger partial charge in [-0.1, -0.05) is 85.0 Å². The van der Waals surface area contributed by atoms with Gasteiger partial charge >= 0.3 is 0 Å². The number of aromatic nitrogens is 4. The number of rotatable bonds is 6.